The highest BCUT2D eigenvalue weighted by molar-refractivity contribution is 6.30. The second kappa shape index (κ2) is 11.4. The van der Waals surface area contributed by atoms with Gasteiger partial charge in [-0.1, -0.05) is 24.6 Å². The van der Waals surface area contributed by atoms with Gasteiger partial charge in [0.05, 0.1) is 17.7 Å². The molecule has 2 N–H and O–H groups in total. The van der Waals surface area contributed by atoms with Gasteiger partial charge in [-0.05, 0) is 86.0 Å². The van der Waals surface area contributed by atoms with Crippen molar-refractivity contribution in [3.63, 3.8) is 0 Å². The number of hydrogen-bond donors (Lipinski definition) is 2. The van der Waals surface area contributed by atoms with Gasteiger partial charge in [-0.2, -0.15) is 13.2 Å². The highest BCUT2D eigenvalue weighted by Gasteiger charge is 2.41. The van der Waals surface area contributed by atoms with Gasteiger partial charge in [0.1, 0.15) is 11.4 Å². The molecule has 0 bridgehead atoms. The number of carboxylic acids is 1. The lowest BCUT2D eigenvalue weighted by Crippen LogP contribution is -2.55. The molecule has 2 aromatic carbocycles. The molecule has 0 unspecified atom stereocenters. The van der Waals surface area contributed by atoms with Gasteiger partial charge in [0, 0.05) is 24.2 Å². The maximum atomic E-state index is 13.8. The molecule has 2 aliphatic rings. The summed E-state index contributed by atoms with van der Waals surface area (Å²) in [6.07, 6.45) is -2.61. The van der Waals surface area contributed by atoms with Crippen molar-refractivity contribution in [2.45, 2.75) is 63.4 Å². The molecule has 11 heteroatoms. The summed E-state index contributed by atoms with van der Waals surface area (Å²) < 4.78 is 59.1. The number of aromatic carboxylic acids is 1. The molecule has 0 radical (unpaired) electrons. The summed E-state index contributed by atoms with van der Waals surface area (Å²) in [5.41, 5.74) is -1.24. The molecule has 6 nitrogen and oxygen atoms in total. The molecule has 212 valence electrons. The lowest BCUT2D eigenvalue weighted by atomic mass is 9.80. The molecule has 2 aliphatic heterocycles. The van der Waals surface area contributed by atoms with E-state index in [1.165, 1.54) is 18.2 Å². The van der Waals surface area contributed by atoms with Gasteiger partial charge in [0.25, 0.3) is 5.91 Å². The van der Waals surface area contributed by atoms with Crippen molar-refractivity contribution in [2.24, 2.45) is 5.92 Å². The van der Waals surface area contributed by atoms with Gasteiger partial charge in [-0.25, -0.2) is 9.18 Å². The smallest absolute Gasteiger partial charge is 0.416 e. The molecule has 39 heavy (non-hydrogen) atoms. The summed E-state index contributed by atoms with van der Waals surface area (Å²) in [5.74, 6) is -2.13. The lowest BCUT2D eigenvalue weighted by Gasteiger charge is -2.45. The van der Waals surface area contributed by atoms with Crippen LogP contribution in [0.3, 0.4) is 0 Å². The largest absolute Gasteiger partial charge is 0.478 e. The molecule has 2 heterocycles. The molecule has 0 spiro atoms. The van der Waals surface area contributed by atoms with E-state index in [-0.39, 0.29) is 40.6 Å². The molecule has 0 aliphatic carbocycles. The van der Waals surface area contributed by atoms with E-state index >= 15 is 0 Å². The Morgan fingerprint density at radius 1 is 1.21 bits per heavy atom. The summed E-state index contributed by atoms with van der Waals surface area (Å²) in [6, 6.07) is 7.58. The number of carbonyl (C=O) groups is 2. The number of nitrogens with zero attached hydrogens (tertiary/aromatic N) is 1. The monoisotopic (exact) mass is 570 g/mol. The predicted molar refractivity (Wildman–Crippen MR) is 137 cm³/mol. The maximum absolute atomic E-state index is 13.8. The minimum atomic E-state index is -4.54. The van der Waals surface area contributed by atoms with Crippen molar-refractivity contribution < 1.29 is 37.0 Å². The number of ether oxygens (including phenoxy) is 1. The first-order chi connectivity index (χ1) is 18.3. The Kier molecular flexibility index (Phi) is 8.58. The van der Waals surface area contributed by atoms with Crippen LogP contribution in [0.2, 0.25) is 5.02 Å². The highest BCUT2D eigenvalue weighted by Crippen LogP contribution is 2.37. The van der Waals surface area contributed by atoms with Crippen molar-refractivity contribution in [3.8, 4) is 0 Å². The van der Waals surface area contributed by atoms with Crippen LogP contribution in [0.15, 0.2) is 36.4 Å². The van der Waals surface area contributed by atoms with Gasteiger partial charge >= 0.3 is 12.1 Å². The van der Waals surface area contributed by atoms with E-state index in [9.17, 15) is 32.3 Å². The van der Waals surface area contributed by atoms with Crippen LogP contribution in [0.5, 0.6) is 0 Å². The number of likely N-dealkylation sites (tertiary alicyclic amines) is 1. The number of carboxylic acid groups (broad SMARTS) is 1. The number of carbonyl (C=O) groups excluding carboxylic acids is 1. The molecule has 4 atom stereocenters. The molecule has 0 saturated carbocycles. The second-order valence-corrected chi connectivity index (χ2v) is 11.1. The number of amides is 1. The first kappa shape index (κ1) is 29.3. The number of alkyl halides is 3. The molecular formula is C28H31ClF4N2O4. The molecule has 2 aromatic rings. The van der Waals surface area contributed by atoms with Crippen LogP contribution in [0.25, 0.3) is 0 Å². The molecule has 4 rings (SSSR count). The average molecular weight is 571 g/mol. The third-order valence-electron chi connectivity index (χ3n) is 7.87. The standard InChI is InChI=1S/C28H31ClF4N2O4/c1-16-14-35(8-6-22(16)18-3-4-24(30)23(11-18)25(36)37)21-5-7-27(2,39-15-21)26(38)34-13-17-9-19(28(31,32)33)12-20(29)10-17/h3-4,9-12,16,21-22H,5-8,13-15H2,1-2H3,(H,34,38)(H,36,37)/t16-,21+,22-,27+/m0/s1. The predicted octanol–water partition coefficient (Wildman–Crippen LogP) is 5.88. The zero-order valence-corrected chi connectivity index (χ0v) is 22.4. The van der Waals surface area contributed by atoms with Gasteiger partial charge in [0.2, 0.25) is 0 Å². The van der Waals surface area contributed by atoms with Gasteiger partial charge < -0.3 is 15.2 Å². The van der Waals surface area contributed by atoms with Crippen molar-refractivity contribution in [1.82, 2.24) is 10.2 Å². The lowest BCUT2D eigenvalue weighted by molar-refractivity contribution is -0.157. The number of nitrogens with one attached hydrogen (secondary N) is 1. The van der Waals surface area contributed by atoms with E-state index in [1.807, 2.05) is 0 Å². The highest BCUT2D eigenvalue weighted by atomic mass is 35.5. The zero-order valence-electron chi connectivity index (χ0n) is 21.7. The first-order valence-corrected chi connectivity index (χ1v) is 13.2. The van der Waals surface area contributed by atoms with E-state index in [2.05, 4.69) is 17.1 Å². The Morgan fingerprint density at radius 3 is 2.56 bits per heavy atom. The van der Waals surface area contributed by atoms with Crippen LogP contribution < -0.4 is 5.32 Å². The average Bonchev–Trinajstić information content (AvgIpc) is 2.87. The van der Waals surface area contributed by atoms with Crippen molar-refractivity contribution in [3.05, 3.63) is 69.5 Å². The summed E-state index contributed by atoms with van der Waals surface area (Å²) in [7, 11) is 0. The SMILES string of the molecule is C[C@H]1CN([C@@H]2CC[C@](C)(C(=O)NCc3cc(Cl)cc(C(F)(F)F)c3)OC2)CC[C@@H]1c1ccc(F)c(C(=O)O)c1. The zero-order chi connectivity index (χ0) is 28.5. The fraction of sp³-hybridized carbons (Fsp3) is 0.500. The number of benzene rings is 2. The molecular weight excluding hydrogens is 540 g/mol. The van der Waals surface area contributed by atoms with Crippen LogP contribution in [-0.4, -0.2) is 53.2 Å². The van der Waals surface area contributed by atoms with Crippen molar-refractivity contribution in [2.75, 3.05) is 19.7 Å². The Hall–Kier alpha value is -2.69. The minimum Gasteiger partial charge on any atom is -0.478 e. The van der Waals surface area contributed by atoms with Crippen molar-refractivity contribution >= 4 is 23.5 Å². The maximum Gasteiger partial charge on any atom is 0.416 e. The van der Waals surface area contributed by atoms with Gasteiger partial charge in [0.15, 0.2) is 0 Å². The fourth-order valence-corrected chi connectivity index (χ4v) is 5.83. The van der Waals surface area contributed by atoms with E-state index in [0.29, 0.717) is 19.4 Å². The van der Waals surface area contributed by atoms with Crippen LogP contribution in [-0.2, 0) is 22.3 Å². The Bertz CT molecular complexity index is 1230. The molecule has 1 amide bonds. The normalized spacial score (nSPS) is 26.3. The summed E-state index contributed by atoms with van der Waals surface area (Å²) >= 11 is 5.84. The number of piperidine rings is 1. The van der Waals surface area contributed by atoms with Crippen molar-refractivity contribution in [1.29, 1.82) is 0 Å². The number of halogens is 5. The topological polar surface area (TPSA) is 78.9 Å². The first-order valence-electron chi connectivity index (χ1n) is 12.8. The van der Waals surface area contributed by atoms with E-state index in [1.54, 1.807) is 13.0 Å². The summed E-state index contributed by atoms with van der Waals surface area (Å²) in [5, 5.41) is 11.9. The number of rotatable bonds is 6. The third kappa shape index (κ3) is 6.73. The van der Waals surface area contributed by atoms with E-state index in [4.69, 9.17) is 16.3 Å². The molecule has 2 saturated heterocycles. The third-order valence-corrected chi connectivity index (χ3v) is 8.09. The van der Waals surface area contributed by atoms with Crippen LogP contribution in [0.4, 0.5) is 17.6 Å². The van der Waals surface area contributed by atoms with Crippen LogP contribution in [0.1, 0.15) is 66.1 Å². The summed E-state index contributed by atoms with van der Waals surface area (Å²) in [6.45, 7) is 5.49. The Labute approximate surface area is 229 Å². The molecule has 2 fully saturated rings. The van der Waals surface area contributed by atoms with E-state index in [0.717, 1.165) is 37.2 Å². The summed E-state index contributed by atoms with van der Waals surface area (Å²) in [4.78, 5) is 26.6. The van der Waals surface area contributed by atoms with Crippen LogP contribution in [0, 0.1) is 11.7 Å². The second-order valence-electron chi connectivity index (χ2n) is 10.7. The quantitative estimate of drug-likeness (QED) is 0.424. The van der Waals surface area contributed by atoms with Gasteiger partial charge in [-0.15, -0.1) is 0 Å². The van der Waals surface area contributed by atoms with E-state index < -0.39 is 35.0 Å². The Balaban J connectivity index is 1.31. The molecule has 0 aromatic heterocycles. The minimum absolute atomic E-state index is 0.0585. The fourth-order valence-electron chi connectivity index (χ4n) is 5.57. The van der Waals surface area contributed by atoms with Gasteiger partial charge in [-0.3, -0.25) is 9.69 Å². The van der Waals surface area contributed by atoms with Crippen LogP contribution >= 0.6 is 11.6 Å². The number of hydrogen-bond acceptors (Lipinski definition) is 4. The Morgan fingerprint density at radius 2 is 1.95 bits per heavy atom.